The number of nitrogens with one attached hydrogen (secondary N) is 1. The Morgan fingerprint density at radius 2 is 1.87 bits per heavy atom. The molecule has 0 aliphatic carbocycles. The van der Waals surface area contributed by atoms with E-state index in [1.54, 1.807) is 31.2 Å². The van der Waals surface area contributed by atoms with Gasteiger partial charge < -0.3 is 9.84 Å². The Labute approximate surface area is 130 Å². The van der Waals surface area contributed by atoms with Crippen LogP contribution in [0.4, 0.5) is 24.7 Å². The maximum atomic E-state index is 12.8. The molecule has 1 N–H and O–H groups in total. The van der Waals surface area contributed by atoms with E-state index in [9.17, 15) is 13.2 Å². The first-order chi connectivity index (χ1) is 10.9. The molecule has 4 nitrogen and oxygen atoms in total. The Kier molecular flexibility index (Phi) is 3.77. The van der Waals surface area contributed by atoms with Crippen molar-refractivity contribution in [1.82, 2.24) is 10.1 Å². The van der Waals surface area contributed by atoms with Gasteiger partial charge in [-0.2, -0.15) is 13.2 Å². The van der Waals surface area contributed by atoms with E-state index in [1.165, 1.54) is 12.3 Å². The number of alkyl halides is 3. The molecule has 0 spiro atoms. The summed E-state index contributed by atoms with van der Waals surface area (Å²) in [4.78, 5) is 4.33. The summed E-state index contributed by atoms with van der Waals surface area (Å²) in [7, 11) is 0. The van der Waals surface area contributed by atoms with Crippen LogP contribution in [0.1, 0.15) is 11.3 Å². The Morgan fingerprint density at radius 1 is 1.09 bits per heavy atom. The third-order valence-electron chi connectivity index (χ3n) is 3.25. The summed E-state index contributed by atoms with van der Waals surface area (Å²) in [5, 5.41) is 6.76. The van der Waals surface area contributed by atoms with E-state index in [1.807, 2.05) is 0 Å². The van der Waals surface area contributed by atoms with Gasteiger partial charge in [0.2, 0.25) is 0 Å². The lowest BCUT2D eigenvalue weighted by molar-refractivity contribution is -0.137. The van der Waals surface area contributed by atoms with Gasteiger partial charge in [-0.15, -0.1) is 0 Å². The van der Waals surface area contributed by atoms with Crippen molar-refractivity contribution >= 4 is 11.5 Å². The van der Waals surface area contributed by atoms with Crippen LogP contribution >= 0.6 is 0 Å². The van der Waals surface area contributed by atoms with E-state index in [0.29, 0.717) is 28.5 Å². The first-order valence-corrected chi connectivity index (χ1v) is 6.76. The van der Waals surface area contributed by atoms with Gasteiger partial charge in [-0.3, -0.25) is 0 Å². The molecule has 0 radical (unpaired) electrons. The molecule has 2 heterocycles. The van der Waals surface area contributed by atoms with Crippen molar-refractivity contribution in [2.24, 2.45) is 0 Å². The SMILES string of the molecule is Cc1nocc1Nc1cccc(-c2cccc(C(F)(F)F)c2)n1. The van der Waals surface area contributed by atoms with Gasteiger partial charge >= 0.3 is 6.18 Å². The topological polar surface area (TPSA) is 51.0 Å². The number of halogens is 3. The highest BCUT2D eigenvalue weighted by Gasteiger charge is 2.30. The number of nitrogens with zero attached hydrogens (tertiary/aromatic N) is 2. The fourth-order valence-electron chi connectivity index (χ4n) is 2.07. The van der Waals surface area contributed by atoms with Crippen LogP contribution in [-0.2, 0) is 6.18 Å². The van der Waals surface area contributed by atoms with Crippen LogP contribution in [0.2, 0.25) is 0 Å². The van der Waals surface area contributed by atoms with Crippen LogP contribution in [0.5, 0.6) is 0 Å². The lowest BCUT2D eigenvalue weighted by atomic mass is 10.1. The van der Waals surface area contributed by atoms with Gasteiger partial charge in [0, 0.05) is 5.56 Å². The highest BCUT2D eigenvalue weighted by molar-refractivity contribution is 5.65. The second kappa shape index (κ2) is 5.75. The van der Waals surface area contributed by atoms with Crippen LogP contribution in [0, 0.1) is 6.92 Å². The summed E-state index contributed by atoms with van der Waals surface area (Å²) >= 11 is 0. The van der Waals surface area contributed by atoms with E-state index in [-0.39, 0.29) is 0 Å². The molecule has 118 valence electrons. The standard InChI is InChI=1S/C16H12F3N3O/c1-10-14(9-23-22-10)21-15-7-3-6-13(20-15)11-4-2-5-12(8-11)16(17,18)19/h2-9H,1H3,(H,20,21). The van der Waals surface area contributed by atoms with Crippen LogP contribution in [0.3, 0.4) is 0 Å². The second-order valence-corrected chi connectivity index (χ2v) is 4.93. The third-order valence-corrected chi connectivity index (χ3v) is 3.25. The van der Waals surface area contributed by atoms with E-state index in [0.717, 1.165) is 12.1 Å². The third kappa shape index (κ3) is 3.33. The largest absolute Gasteiger partial charge is 0.416 e. The minimum absolute atomic E-state index is 0.394. The molecule has 3 aromatic rings. The molecule has 7 heteroatoms. The number of anilines is 2. The molecule has 0 fully saturated rings. The molecular weight excluding hydrogens is 307 g/mol. The van der Waals surface area contributed by atoms with Gasteiger partial charge in [-0.25, -0.2) is 4.98 Å². The minimum atomic E-state index is -4.38. The average Bonchev–Trinajstić information content (AvgIpc) is 2.92. The monoisotopic (exact) mass is 319 g/mol. The summed E-state index contributed by atoms with van der Waals surface area (Å²) in [6.07, 6.45) is -2.95. The van der Waals surface area contributed by atoms with Gasteiger partial charge in [0.15, 0.2) is 0 Å². The number of benzene rings is 1. The number of rotatable bonds is 3. The first-order valence-electron chi connectivity index (χ1n) is 6.76. The Balaban J connectivity index is 1.92. The maximum Gasteiger partial charge on any atom is 0.416 e. The zero-order valence-corrected chi connectivity index (χ0v) is 12.1. The minimum Gasteiger partial charge on any atom is -0.362 e. The van der Waals surface area contributed by atoms with Crippen molar-refractivity contribution in [2.45, 2.75) is 13.1 Å². The maximum absolute atomic E-state index is 12.8. The number of hydrogen-bond acceptors (Lipinski definition) is 4. The predicted molar refractivity (Wildman–Crippen MR) is 79.2 cm³/mol. The summed E-state index contributed by atoms with van der Waals surface area (Å²) in [6.45, 7) is 1.77. The molecule has 0 unspecified atom stereocenters. The quantitative estimate of drug-likeness (QED) is 0.753. The zero-order valence-electron chi connectivity index (χ0n) is 12.1. The fourth-order valence-corrected chi connectivity index (χ4v) is 2.07. The van der Waals surface area contributed by atoms with E-state index < -0.39 is 11.7 Å². The molecular formula is C16H12F3N3O. The molecule has 0 aliphatic heterocycles. The molecule has 1 aromatic carbocycles. The number of aryl methyl sites for hydroxylation is 1. The molecule has 0 saturated carbocycles. The van der Waals surface area contributed by atoms with Gasteiger partial charge in [-0.1, -0.05) is 23.4 Å². The van der Waals surface area contributed by atoms with Crippen molar-refractivity contribution < 1.29 is 17.7 Å². The van der Waals surface area contributed by atoms with Crippen molar-refractivity contribution in [1.29, 1.82) is 0 Å². The van der Waals surface area contributed by atoms with E-state index in [4.69, 9.17) is 4.52 Å². The Morgan fingerprint density at radius 3 is 2.57 bits per heavy atom. The summed E-state index contributed by atoms with van der Waals surface area (Å²) < 4.78 is 43.2. The molecule has 3 rings (SSSR count). The van der Waals surface area contributed by atoms with Crippen LogP contribution in [0.15, 0.2) is 53.3 Å². The fraction of sp³-hybridized carbons (Fsp3) is 0.125. The van der Waals surface area contributed by atoms with Crippen LogP contribution < -0.4 is 5.32 Å². The van der Waals surface area contributed by atoms with Crippen molar-refractivity contribution in [3.63, 3.8) is 0 Å². The lowest BCUT2D eigenvalue weighted by Crippen LogP contribution is -2.04. The smallest absolute Gasteiger partial charge is 0.362 e. The molecule has 0 bridgehead atoms. The summed E-state index contributed by atoms with van der Waals surface area (Å²) in [6, 6.07) is 10.2. The van der Waals surface area contributed by atoms with Gasteiger partial charge in [0.25, 0.3) is 0 Å². The molecule has 2 aromatic heterocycles. The zero-order chi connectivity index (χ0) is 16.4. The summed E-state index contributed by atoms with van der Waals surface area (Å²) in [5.41, 5.74) is 1.45. The van der Waals surface area contributed by atoms with Gasteiger partial charge in [0.1, 0.15) is 23.5 Å². The molecule has 0 aliphatic rings. The van der Waals surface area contributed by atoms with E-state index >= 15 is 0 Å². The van der Waals surface area contributed by atoms with Gasteiger partial charge in [0.05, 0.1) is 11.3 Å². The summed E-state index contributed by atoms with van der Waals surface area (Å²) in [5.74, 6) is 0.492. The Bertz CT molecular complexity index is 827. The normalized spacial score (nSPS) is 11.5. The highest BCUT2D eigenvalue weighted by Crippen LogP contribution is 2.32. The van der Waals surface area contributed by atoms with Crippen molar-refractivity contribution in [3.8, 4) is 11.3 Å². The predicted octanol–water partition coefficient (Wildman–Crippen LogP) is 4.81. The lowest BCUT2D eigenvalue weighted by Gasteiger charge is -2.09. The van der Waals surface area contributed by atoms with Gasteiger partial charge in [-0.05, 0) is 31.2 Å². The van der Waals surface area contributed by atoms with Crippen LogP contribution in [0.25, 0.3) is 11.3 Å². The molecule has 23 heavy (non-hydrogen) atoms. The number of hydrogen-bond donors (Lipinski definition) is 1. The van der Waals surface area contributed by atoms with Crippen molar-refractivity contribution in [3.05, 3.63) is 60.0 Å². The Hall–Kier alpha value is -2.83. The average molecular weight is 319 g/mol. The second-order valence-electron chi connectivity index (χ2n) is 4.93. The van der Waals surface area contributed by atoms with Crippen LogP contribution in [-0.4, -0.2) is 10.1 Å². The van der Waals surface area contributed by atoms with Crippen molar-refractivity contribution in [2.75, 3.05) is 5.32 Å². The molecule has 0 atom stereocenters. The molecule has 0 saturated heterocycles. The molecule has 0 amide bonds. The van der Waals surface area contributed by atoms with E-state index in [2.05, 4.69) is 15.5 Å². The number of pyridine rings is 1. The first kappa shape index (κ1) is 15.1. The number of aromatic nitrogens is 2. The highest BCUT2D eigenvalue weighted by atomic mass is 19.4.